The molecule has 1 saturated heterocycles. The van der Waals surface area contributed by atoms with E-state index in [0.717, 1.165) is 25.4 Å². The molecule has 3 heteroatoms. The van der Waals surface area contributed by atoms with E-state index in [1.807, 2.05) is 6.07 Å². The van der Waals surface area contributed by atoms with Crippen molar-refractivity contribution in [2.24, 2.45) is 0 Å². The van der Waals surface area contributed by atoms with Gasteiger partial charge in [0.2, 0.25) is 0 Å². The van der Waals surface area contributed by atoms with E-state index in [9.17, 15) is 0 Å². The molecular formula is C14H22N2O. The molecule has 0 spiro atoms. The van der Waals surface area contributed by atoms with E-state index < -0.39 is 0 Å². The van der Waals surface area contributed by atoms with Crippen LogP contribution < -0.4 is 15.0 Å². The molecule has 1 aromatic carbocycles. The molecule has 0 amide bonds. The summed E-state index contributed by atoms with van der Waals surface area (Å²) in [5.74, 6) is 0.961. The molecule has 2 rings (SSSR count). The standard InChI is InChI=1S/C14H22N2O/c1-11(2)17-14-6-4-5-13(9-14)16-8-7-15-10-12(16)3/h4-6,9,11-12,15H,7-8,10H2,1-3H3. The Kier molecular flexibility index (Phi) is 3.89. The van der Waals surface area contributed by atoms with Crippen LogP contribution >= 0.6 is 0 Å². The predicted octanol–water partition coefficient (Wildman–Crippen LogP) is 2.27. The summed E-state index contributed by atoms with van der Waals surface area (Å²) >= 11 is 0. The van der Waals surface area contributed by atoms with Gasteiger partial charge in [0, 0.05) is 37.4 Å². The number of anilines is 1. The quantitative estimate of drug-likeness (QED) is 0.868. The Morgan fingerprint density at radius 1 is 1.41 bits per heavy atom. The Hall–Kier alpha value is -1.22. The summed E-state index contributed by atoms with van der Waals surface area (Å²) in [4.78, 5) is 2.43. The molecule has 1 heterocycles. The molecule has 17 heavy (non-hydrogen) atoms. The van der Waals surface area contributed by atoms with Crippen molar-refractivity contribution in [2.75, 3.05) is 24.5 Å². The van der Waals surface area contributed by atoms with Gasteiger partial charge in [-0.05, 0) is 32.9 Å². The second-order valence-electron chi connectivity index (χ2n) is 4.91. The molecule has 1 fully saturated rings. The van der Waals surface area contributed by atoms with Crippen molar-refractivity contribution >= 4 is 5.69 Å². The summed E-state index contributed by atoms with van der Waals surface area (Å²) in [6, 6.07) is 8.94. The van der Waals surface area contributed by atoms with Gasteiger partial charge in [0.25, 0.3) is 0 Å². The number of piperazine rings is 1. The molecule has 0 bridgehead atoms. The van der Waals surface area contributed by atoms with Crippen LogP contribution in [0.4, 0.5) is 5.69 Å². The van der Waals surface area contributed by atoms with Gasteiger partial charge in [0.05, 0.1) is 6.10 Å². The van der Waals surface area contributed by atoms with E-state index in [1.165, 1.54) is 5.69 Å². The van der Waals surface area contributed by atoms with Crippen molar-refractivity contribution in [3.63, 3.8) is 0 Å². The summed E-state index contributed by atoms with van der Waals surface area (Å²) in [5.41, 5.74) is 1.26. The summed E-state index contributed by atoms with van der Waals surface area (Å²) in [5, 5.41) is 3.41. The summed E-state index contributed by atoms with van der Waals surface area (Å²) in [6.07, 6.45) is 0.227. The van der Waals surface area contributed by atoms with Gasteiger partial charge in [-0.15, -0.1) is 0 Å². The third-order valence-corrected chi connectivity index (χ3v) is 3.02. The van der Waals surface area contributed by atoms with E-state index >= 15 is 0 Å². The second kappa shape index (κ2) is 5.41. The van der Waals surface area contributed by atoms with Gasteiger partial charge in [-0.1, -0.05) is 6.07 Å². The molecule has 1 aromatic rings. The molecule has 1 aliphatic heterocycles. The summed E-state index contributed by atoms with van der Waals surface area (Å²) < 4.78 is 5.74. The van der Waals surface area contributed by atoms with Crippen LogP contribution in [0.25, 0.3) is 0 Å². The summed E-state index contributed by atoms with van der Waals surface area (Å²) in [7, 11) is 0. The second-order valence-corrected chi connectivity index (χ2v) is 4.91. The van der Waals surface area contributed by atoms with Gasteiger partial charge in [-0.3, -0.25) is 0 Å². The zero-order valence-corrected chi connectivity index (χ0v) is 10.9. The lowest BCUT2D eigenvalue weighted by atomic mass is 10.1. The molecule has 0 aliphatic carbocycles. The van der Waals surface area contributed by atoms with E-state index in [4.69, 9.17) is 4.74 Å². The van der Waals surface area contributed by atoms with E-state index in [1.54, 1.807) is 0 Å². The van der Waals surface area contributed by atoms with Crippen LogP contribution in [0.2, 0.25) is 0 Å². The number of nitrogens with one attached hydrogen (secondary N) is 1. The van der Waals surface area contributed by atoms with Crippen LogP contribution in [0.1, 0.15) is 20.8 Å². The topological polar surface area (TPSA) is 24.5 Å². The van der Waals surface area contributed by atoms with Gasteiger partial charge in [0.1, 0.15) is 5.75 Å². The lowest BCUT2D eigenvalue weighted by Gasteiger charge is -2.36. The summed E-state index contributed by atoms with van der Waals surface area (Å²) in [6.45, 7) is 9.53. The van der Waals surface area contributed by atoms with Crippen molar-refractivity contribution in [1.82, 2.24) is 5.32 Å². The highest BCUT2D eigenvalue weighted by Gasteiger charge is 2.18. The maximum absolute atomic E-state index is 5.74. The first-order chi connectivity index (χ1) is 8.16. The fourth-order valence-electron chi connectivity index (χ4n) is 2.23. The molecule has 3 nitrogen and oxygen atoms in total. The minimum Gasteiger partial charge on any atom is -0.491 e. The third kappa shape index (κ3) is 3.13. The van der Waals surface area contributed by atoms with Gasteiger partial charge in [-0.25, -0.2) is 0 Å². The molecular weight excluding hydrogens is 212 g/mol. The van der Waals surface area contributed by atoms with Crippen LogP contribution in [-0.4, -0.2) is 31.8 Å². The average molecular weight is 234 g/mol. The monoisotopic (exact) mass is 234 g/mol. The lowest BCUT2D eigenvalue weighted by molar-refractivity contribution is 0.242. The van der Waals surface area contributed by atoms with Gasteiger partial charge in [-0.2, -0.15) is 0 Å². The van der Waals surface area contributed by atoms with Crippen molar-refractivity contribution in [2.45, 2.75) is 32.9 Å². The zero-order valence-electron chi connectivity index (χ0n) is 10.9. The maximum Gasteiger partial charge on any atom is 0.121 e. The fraction of sp³-hybridized carbons (Fsp3) is 0.571. The molecule has 1 aliphatic rings. The SMILES string of the molecule is CC(C)Oc1cccc(N2CCNCC2C)c1. The zero-order chi connectivity index (χ0) is 12.3. The third-order valence-electron chi connectivity index (χ3n) is 3.02. The highest BCUT2D eigenvalue weighted by molar-refractivity contribution is 5.52. The number of hydrogen-bond donors (Lipinski definition) is 1. The minimum absolute atomic E-state index is 0.227. The van der Waals surface area contributed by atoms with Crippen LogP contribution in [0, 0.1) is 0 Å². The van der Waals surface area contributed by atoms with Crippen LogP contribution in [0.3, 0.4) is 0 Å². The normalized spacial score (nSPS) is 20.7. The lowest BCUT2D eigenvalue weighted by Crippen LogP contribution is -2.49. The Balaban J connectivity index is 2.14. The number of benzene rings is 1. The van der Waals surface area contributed by atoms with E-state index in [0.29, 0.717) is 6.04 Å². The Bertz CT molecular complexity index is 365. The largest absolute Gasteiger partial charge is 0.491 e. The highest BCUT2D eigenvalue weighted by atomic mass is 16.5. The number of rotatable bonds is 3. The molecule has 1 unspecified atom stereocenters. The fourth-order valence-corrected chi connectivity index (χ4v) is 2.23. The molecule has 0 radical (unpaired) electrons. The average Bonchev–Trinajstić information content (AvgIpc) is 2.29. The molecule has 1 N–H and O–H groups in total. The maximum atomic E-state index is 5.74. The number of hydrogen-bond acceptors (Lipinski definition) is 3. The molecule has 94 valence electrons. The first kappa shape index (κ1) is 12.2. The van der Waals surface area contributed by atoms with Crippen molar-refractivity contribution in [3.05, 3.63) is 24.3 Å². The van der Waals surface area contributed by atoms with E-state index in [2.05, 4.69) is 49.2 Å². The van der Waals surface area contributed by atoms with Crippen molar-refractivity contribution < 1.29 is 4.74 Å². The van der Waals surface area contributed by atoms with Crippen molar-refractivity contribution in [3.8, 4) is 5.75 Å². The number of ether oxygens (including phenoxy) is 1. The first-order valence-corrected chi connectivity index (χ1v) is 6.41. The Morgan fingerprint density at radius 3 is 2.94 bits per heavy atom. The molecule has 1 atom stereocenters. The predicted molar refractivity (Wildman–Crippen MR) is 71.9 cm³/mol. The van der Waals surface area contributed by atoms with Crippen LogP contribution in [-0.2, 0) is 0 Å². The Morgan fingerprint density at radius 2 is 2.24 bits per heavy atom. The van der Waals surface area contributed by atoms with Crippen LogP contribution in [0.5, 0.6) is 5.75 Å². The van der Waals surface area contributed by atoms with E-state index in [-0.39, 0.29) is 6.10 Å². The van der Waals surface area contributed by atoms with Gasteiger partial charge >= 0.3 is 0 Å². The Labute approximate surface area is 104 Å². The van der Waals surface area contributed by atoms with Gasteiger partial charge in [0.15, 0.2) is 0 Å². The minimum atomic E-state index is 0.227. The molecule has 0 aromatic heterocycles. The first-order valence-electron chi connectivity index (χ1n) is 6.41. The van der Waals surface area contributed by atoms with Gasteiger partial charge < -0.3 is 15.0 Å². The van der Waals surface area contributed by atoms with Crippen LogP contribution in [0.15, 0.2) is 24.3 Å². The van der Waals surface area contributed by atoms with Crippen molar-refractivity contribution in [1.29, 1.82) is 0 Å². The smallest absolute Gasteiger partial charge is 0.121 e. The number of nitrogens with zero attached hydrogens (tertiary/aromatic N) is 1. The highest BCUT2D eigenvalue weighted by Crippen LogP contribution is 2.24. The molecule has 0 saturated carbocycles.